The van der Waals surface area contributed by atoms with Crippen molar-refractivity contribution in [1.29, 1.82) is 0 Å². The number of halogens is 1. The minimum Gasteiger partial charge on any atom is -0.471 e. The van der Waals surface area contributed by atoms with E-state index in [-0.39, 0.29) is 11.9 Å². The van der Waals surface area contributed by atoms with Gasteiger partial charge in [0.2, 0.25) is 0 Å². The van der Waals surface area contributed by atoms with Gasteiger partial charge in [0.1, 0.15) is 11.9 Å². The van der Waals surface area contributed by atoms with Crippen molar-refractivity contribution < 1.29 is 9.13 Å². The summed E-state index contributed by atoms with van der Waals surface area (Å²) in [6, 6.07) is 6.51. The van der Waals surface area contributed by atoms with E-state index in [9.17, 15) is 4.39 Å². The fourth-order valence-corrected chi connectivity index (χ4v) is 2.72. The van der Waals surface area contributed by atoms with Crippen LogP contribution < -0.4 is 5.32 Å². The first-order valence-corrected chi connectivity index (χ1v) is 6.97. The molecule has 0 radical (unpaired) electrons. The number of hydrogen-bond acceptors (Lipinski definition) is 3. The topological polar surface area (TPSA) is 33.6 Å². The zero-order valence-corrected chi connectivity index (χ0v) is 10.9. The largest absolute Gasteiger partial charge is 0.471 e. The second-order valence-corrected chi connectivity index (χ2v) is 5.29. The lowest BCUT2D eigenvalue weighted by atomic mass is 9.95. The molecule has 0 aliphatic carbocycles. The molecule has 0 amide bonds. The predicted molar refractivity (Wildman–Crippen MR) is 72.7 cm³/mol. The van der Waals surface area contributed by atoms with Crippen molar-refractivity contribution in [2.75, 3.05) is 19.6 Å². The average Bonchev–Trinajstić information content (AvgIpc) is 2.89. The summed E-state index contributed by atoms with van der Waals surface area (Å²) >= 11 is 0. The number of hydrogen-bond donors (Lipinski definition) is 1. The number of piperidine rings is 1. The molecule has 0 aromatic heterocycles. The van der Waals surface area contributed by atoms with Gasteiger partial charge >= 0.3 is 0 Å². The van der Waals surface area contributed by atoms with Gasteiger partial charge in [-0.15, -0.1) is 0 Å². The highest BCUT2D eigenvalue weighted by Gasteiger charge is 2.24. The molecule has 1 saturated heterocycles. The Kier molecular flexibility index (Phi) is 3.78. The Hall–Kier alpha value is -1.42. The van der Waals surface area contributed by atoms with Crippen LogP contribution in [-0.4, -0.2) is 25.5 Å². The molecule has 1 aromatic carbocycles. The summed E-state index contributed by atoms with van der Waals surface area (Å²) in [5.74, 6) is 1.35. The highest BCUT2D eigenvalue weighted by Crippen LogP contribution is 2.27. The number of benzene rings is 1. The van der Waals surface area contributed by atoms with Gasteiger partial charge in [0.25, 0.3) is 0 Å². The summed E-state index contributed by atoms with van der Waals surface area (Å²) in [5, 5.41) is 3.36. The van der Waals surface area contributed by atoms with E-state index in [1.165, 1.54) is 25.0 Å². The van der Waals surface area contributed by atoms with Crippen LogP contribution in [0, 0.1) is 11.7 Å². The summed E-state index contributed by atoms with van der Waals surface area (Å²) in [6.07, 6.45) is 3.31. The highest BCUT2D eigenvalue weighted by molar-refractivity contribution is 5.78. The maximum atomic E-state index is 12.9. The lowest BCUT2D eigenvalue weighted by molar-refractivity contribution is 0.216. The first kappa shape index (κ1) is 12.6. The number of nitrogens with zero attached hydrogens (tertiary/aromatic N) is 1. The summed E-state index contributed by atoms with van der Waals surface area (Å²) in [5.41, 5.74) is 1.01. The third-order valence-electron chi connectivity index (χ3n) is 3.88. The summed E-state index contributed by atoms with van der Waals surface area (Å²) in [4.78, 5) is 4.49. The monoisotopic (exact) mass is 262 g/mol. The van der Waals surface area contributed by atoms with Crippen LogP contribution in [0.1, 0.15) is 30.9 Å². The van der Waals surface area contributed by atoms with Gasteiger partial charge in [0, 0.05) is 6.42 Å². The maximum Gasteiger partial charge on any atom is 0.184 e. The minimum absolute atomic E-state index is 0.0303. The second kappa shape index (κ2) is 5.70. The smallest absolute Gasteiger partial charge is 0.184 e. The van der Waals surface area contributed by atoms with E-state index in [0.717, 1.165) is 31.0 Å². The number of ether oxygens (including phenoxy) is 1. The average molecular weight is 262 g/mol. The van der Waals surface area contributed by atoms with Crippen LogP contribution in [0.3, 0.4) is 0 Å². The van der Waals surface area contributed by atoms with E-state index in [0.29, 0.717) is 12.5 Å². The Morgan fingerprint density at radius 2 is 1.95 bits per heavy atom. The minimum atomic E-state index is -0.211. The molecule has 0 spiro atoms. The van der Waals surface area contributed by atoms with E-state index in [1.54, 1.807) is 12.1 Å². The predicted octanol–water partition coefficient (Wildman–Crippen LogP) is 2.69. The van der Waals surface area contributed by atoms with Crippen molar-refractivity contribution in [2.24, 2.45) is 10.9 Å². The summed E-state index contributed by atoms with van der Waals surface area (Å²) < 4.78 is 18.8. The number of rotatable bonds is 3. The van der Waals surface area contributed by atoms with Gasteiger partial charge in [-0.2, -0.15) is 0 Å². The Morgan fingerprint density at radius 3 is 2.68 bits per heavy atom. The molecule has 3 nitrogen and oxygen atoms in total. The normalized spacial score (nSPS) is 24.1. The molecule has 0 saturated carbocycles. The first-order valence-electron chi connectivity index (χ1n) is 6.97. The van der Waals surface area contributed by atoms with Crippen LogP contribution in [0.2, 0.25) is 0 Å². The molecule has 1 atom stereocenters. The summed E-state index contributed by atoms with van der Waals surface area (Å²) in [6.45, 7) is 2.85. The molecule has 1 N–H and O–H groups in total. The lowest BCUT2D eigenvalue weighted by Crippen LogP contribution is -2.29. The van der Waals surface area contributed by atoms with Crippen LogP contribution in [0.5, 0.6) is 0 Å². The second-order valence-electron chi connectivity index (χ2n) is 5.29. The van der Waals surface area contributed by atoms with Crippen LogP contribution in [0.25, 0.3) is 0 Å². The first-order chi connectivity index (χ1) is 9.31. The van der Waals surface area contributed by atoms with Gasteiger partial charge in [-0.05, 0) is 49.5 Å². The molecule has 102 valence electrons. The van der Waals surface area contributed by atoms with Crippen molar-refractivity contribution in [2.45, 2.75) is 25.4 Å². The van der Waals surface area contributed by atoms with Crippen molar-refractivity contribution in [1.82, 2.24) is 5.32 Å². The van der Waals surface area contributed by atoms with E-state index in [1.807, 2.05) is 0 Å². The van der Waals surface area contributed by atoms with E-state index in [4.69, 9.17) is 4.74 Å². The van der Waals surface area contributed by atoms with E-state index >= 15 is 0 Å². The Morgan fingerprint density at radius 1 is 1.21 bits per heavy atom. The third kappa shape index (κ3) is 3.13. The fourth-order valence-electron chi connectivity index (χ4n) is 2.72. The van der Waals surface area contributed by atoms with Gasteiger partial charge in [-0.3, -0.25) is 4.99 Å². The molecule has 4 heteroatoms. The zero-order valence-electron chi connectivity index (χ0n) is 10.9. The molecule has 1 aromatic rings. The fraction of sp³-hybridized carbons (Fsp3) is 0.533. The van der Waals surface area contributed by atoms with Crippen molar-refractivity contribution in [3.8, 4) is 0 Å². The van der Waals surface area contributed by atoms with Gasteiger partial charge in [0.05, 0.1) is 6.54 Å². The maximum absolute atomic E-state index is 12.9. The lowest BCUT2D eigenvalue weighted by Gasteiger charge is -2.22. The molecule has 3 rings (SSSR count). The van der Waals surface area contributed by atoms with Gasteiger partial charge < -0.3 is 10.1 Å². The molecule has 1 unspecified atom stereocenters. The third-order valence-corrected chi connectivity index (χ3v) is 3.88. The molecule has 1 fully saturated rings. The molecule has 0 bridgehead atoms. The van der Waals surface area contributed by atoms with Gasteiger partial charge in [-0.25, -0.2) is 4.39 Å². The standard InChI is InChI=1S/C15H19FN2O/c16-13-3-1-12(2-4-13)14-10-18-15(19-14)9-11-5-7-17-8-6-11/h1-4,11,14,17H,5-10H2. The number of nitrogens with one attached hydrogen (secondary N) is 1. The van der Waals surface area contributed by atoms with Crippen LogP contribution in [-0.2, 0) is 4.74 Å². The molecule has 2 heterocycles. The molecular weight excluding hydrogens is 243 g/mol. The zero-order chi connectivity index (χ0) is 13.1. The highest BCUT2D eigenvalue weighted by atomic mass is 19.1. The van der Waals surface area contributed by atoms with Crippen LogP contribution in [0.4, 0.5) is 4.39 Å². The Bertz CT molecular complexity index is 452. The molecular formula is C15H19FN2O. The van der Waals surface area contributed by atoms with E-state index in [2.05, 4.69) is 10.3 Å². The molecule has 2 aliphatic rings. The SMILES string of the molecule is Fc1ccc(C2CN=C(CC3CCNCC3)O2)cc1. The van der Waals surface area contributed by atoms with Crippen LogP contribution >= 0.6 is 0 Å². The van der Waals surface area contributed by atoms with Crippen molar-refractivity contribution >= 4 is 5.90 Å². The molecule has 19 heavy (non-hydrogen) atoms. The Balaban J connectivity index is 1.55. The summed E-state index contributed by atoms with van der Waals surface area (Å²) in [7, 11) is 0. The van der Waals surface area contributed by atoms with Gasteiger partial charge in [-0.1, -0.05) is 12.1 Å². The van der Waals surface area contributed by atoms with Crippen molar-refractivity contribution in [3.63, 3.8) is 0 Å². The van der Waals surface area contributed by atoms with Crippen molar-refractivity contribution in [3.05, 3.63) is 35.6 Å². The van der Waals surface area contributed by atoms with Gasteiger partial charge in [0.15, 0.2) is 5.90 Å². The Labute approximate surface area is 112 Å². The number of aliphatic imine (C=N–C) groups is 1. The molecule has 2 aliphatic heterocycles. The quantitative estimate of drug-likeness (QED) is 0.908. The van der Waals surface area contributed by atoms with Crippen LogP contribution in [0.15, 0.2) is 29.3 Å². The van der Waals surface area contributed by atoms with E-state index < -0.39 is 0 Å².